The highest BCUT2D eigenvalue weighted by atomic mass is 19.4. The number of alkyl halides is 3. The maximum absolute atomic E-state index is 11.9. The molecule has 1 aliphatic rings. The van der Waals surface area contributed by atoms with Crippen molar-refractivity contribution in [3.05, 3.63) is 12.2 Å². The van der Waals surface area contributed by atoms with E-state index in [9.17, 15) is 18.0 Å². The lowest BCUT2D eigenvalue weighted by molar-refractivity contribution is -0.143. The van der Waals surface area contributed by atoms with E-state index in [-0.39, 0.29) is 12.0 Å². The van der Waals surface area contributed by atoms with Crippen LogP contribution >= 0.6 is 0 Å². The van der Waals surface area contributed by atoms with Crippen LogP contribution < -0.4 is 0 Å². The zero-order valence-corrected chi connectivity index (χ0v) is 8.76. The van der Waals surface area contributed by atoms with Gasteiger partial charge < -0.3 is 4.74 Å². The number of carbonyl (C=O) groups excluding carboxylic acids is 1. The van der Waals surface area contributed by atoms with Gasteiger partial charge in [-0.3, -0.25) is 4.79 Å². The topological polar surface area (TPSA) is 26.3 Å². The van der Waals surface area contributed by atoms with E-state index >= 15 is 0 Å². The van der Waals surface area contributed by atoms with Crippen molar-refractivity contribution >= 4 is 5.97 Å². The standard InChI is InChI=1S/C10H13F3O2/c1-9(2)6(4-5-10(11,12)13)7(9)8(14)15-3/h4-7H,1-3H3/b5-4+/t6-,7-/m1/s1. The van der Waals surface area contributed by atoms with Crippen LogP contribution in [0.25, 0.3) is 0 Å². The second kappa shape index (κ2) is 3.54. The molecule has 0 aromatic rings. The van der Waals surface area contributed by atoms with E-state index in [1.54, 1.807) is 13.8 Å². The van der Waals surface area contributed by atoms with E-state index in [1.807, 2.05) is 0 Å². The summed E-state index contributed by atoms with van der Waals surface area (Å²) in [5.41, 5.74) is -0.436. The van der Waals surface area contributed by atoms with Crippen molar-refractivity contribution in [1.82, 2.24) is 0 Å². The Balaban J connectivity index is 2.67. The van der Waals surface area contributed by atoms with Crippen molar-refractivity contribution in [2.24, 2.45) is 17.3 Å². The summed E-state index contributed by atoms with van der Waals surface area (Å²) in [6.07, 6.45) is -3.09. The molecule has 0 heterocycles. The van der Waals surface area contributed by atoms with Gasteiger partial charge in [0.2, 0.25) is 0 Å². The van der Waals surface area contributed by atoms with E-state index < -0.39 is 23.5 Å². The maximum Gasteiger partial charge on any atom is 0.409 e. The van der Waals surface area contributed by atoms with Crippen LogP contribution in [0.3, 0.4) is 0 Å². The first kappa shape index (κ1) is 12.1. The van der Waals surface area contributed by atoms with E-state index in [0.29, 0.717) is 0 Å². The second-order valence-corrected chi connectivity index (χ2v) is 4.25. The minimum Gasteiger partial charge on any atom is -0.469 e. The Labute approximate surface area is 86.1 Å². The molecule has 1 fully saturated rings. The van der Waals surface area contributed by atoms with Crippen molar-refractivity contribution in [2.45, 2.75) is 20.0 Å². The smallest absolute Gasteiger partial charge is 0.409 e. The summed E-state index contributed by atoms with van der Waals surface area (Å²) in [4.78, 5) is 11.2. The molecule has 0 unspecified atom stereocenters. The predicted octanol–water partition coefficient (Wildman–Crippen LogP) is 2.55. The average Bonchev–Trinajstić information content (AvgIpc) is 2.62. The number of esters is 1. The summed E-state index contributed by atoms with van der Waals surface area (Å²) < 4.78 is 40.2. The molecule has 0 bridgehead atoms. The highest BCUT2D eigenvalue weighted by molar-refractivity contribution is 5.78. The molecule has 15 heavy (non-hydrogen) atoms. The average molecular weight is 222 g/mol. The molecule has 1 rings (SSSR count). The first-order valence-electron chi connectivity index (χ1n) is 4.54. The van der Waals surface area contributed by atoms with E-state index in [2.05, 4.69) is 4.74 Å². The van der Waals surface area contributed by atoms with E-state index in [4.69, 9.17) is 0 Å². The van der Waals surface area contributed by atoms with Gasteiger partial charge in [-0.25, -0.2) is 0 Å². The normalized spacial score (nSPS) is 29.2. The van der Waals surface area contributed by atoms with Gasteiger partial charge in [-0.15, -0.1) is 0 Å². The Morgan fingerprint density at radius 1 is 1.40 bits per heavy atom. The van der Waals surface area contributed by atoms with Crippen molar-refractivity contribution in [3.8, 4) is 0 Å². The van der Waals surface area contributed by atoms with Crippen LogP contribution in [0.4, 0.5) is 13.2 Å². The molecule has 5 heteroatoms. The van der Waals surface area contributed by atoms with Gasteiger partial charge in [0.15, 0.2) is 0 Å². The lowest BCUT2D eigenvalue weighted by Crippen LogP contribution is -2.07. The number of halogens is 3. The highest BCUT2D eigenvalue weighted by Gasteiger charge is 2.61. The fourth-order valence-corrected chi connectivity index (χ4v) is 1.83. The second-order valence-electron chi connectivity index (χ2n) is 4.25. The Kier molecular flexibility index (Phi) is 2.85. The Hall–Kier alpha value is -1.00. The molecule has 0 aromatic carbocycles. The quantitative estimate of drug-likeness (QED) is 0.530. The summed E-state index contributed by atoms with van der Waals surface area (Å²) >= 11 is 0. The lowest BCUT2D eigenvalue weighted by atomic mass is 10.1. The van der Waals surface area contributed by atoms with Crippen LogP contribution in [-0.4, -0.2) is 19.3 Å². The van der Waals surface area contributed by atoms with Gasteiger partial charge in [0.05, 0.1) is 13.0 Å². The molecular weight excluding hydrogens is 209 g/mol. The first-order valence-corrected chi connectivity index (χ1v) is 4.54. The number of hydrogen-bond donors (Lipinski definition) is 0. The maximum atomic E-state index is 11.9. The summed E-state index contributed by atoms with van der Waals surface area (Å²) in [5.74, 6) is -1.29. The van der Waals surface area contributed by atoms with Crippen LogP contribution in [0.1, 0.15) is 13.8 Å². The highest BCUT2D eigenvalue weighted by Crippen LogP contribution is 2.59. The largest absolute Gasteiger partial charge is 0.469 e. The number of ether oxygens (including phenoxy) is 1. The number of allylic oxidation sites excluding steroid dienone is 2. The molecule has 0 saturated heterocycles. The molecule has 0 amide bonds. The first-order chi connectivity index (χ1) is 6.70. The molecule has 0 spiro atoms. The minimum absolute atomic E-state index is 0.183. The number of carbonyl (C=O) groups is 1. The van der Waals surface area contributed by atoms with Gasteiger partial charge in [0, 0.05) is 6.08 Å². The van der Waals surface area contributed by atoms with Crippen LogP contribution in [0.2, 0.25) is 0 Å². The molecule has 1 aliphatic carbocycles. The van der Waals surface area contributed by atoms with Crippen molar-refractivity contribution in [1.29, 1.82) is 0 Å². The summed E-state index contributed by atoms with van der Waals surface area (Å²) in [6, 6.07) is 0. The monoisotopic (exact) mass is 222 g/mol. The third-order valence-corrected chi connectivity index (χ3v) is 2.86. The number of hydrogen-bond acceptors (Lipinski definition) is 2. The van der Waals surface area contributed by atoms with Gasteiger partial charge in [-0.1, -0.05) is 19.9 Å². The lowest BCUT2D eigenvalue weighted by Gasteiger charge is -1.99. The Bertz CT molecular complexity index is 292. The van der Waals surface area contributed by atoms with Crippen LogP contribution in [-0.2, 0) is 9.53 Å². The van der Waals surface area contributed by atoms with Crippen molar-refractivity contribution in [2.75, 3.05) is 7.11 Å². The molecule has 2 nitrogen and oxygen atoms in total. The molecule has 0 N–H and O–H groups in total. The summed E-state index contributed by atoms with van der Waals surface area (Å²) in [6.45, 7) is 3.50. The molecule has 2 atom stereocenters. The number of methoxy groups -OCH3 is 1. The van der Waals surface area contributed by atoms with Gasteiger partial charge in [0.25, 0.3) is 0 Å². The van der Waals surface area contributed by atoms with Gasteiger partial charge in [-0.05, 0) is 11.3 Å². The molecule has 86 valence electrons. The molecule has 0 aliphatic heterocycles. The van der Waals surface area contributed by atoms with Crippen LogP contribution in [0.5, 0.6) is 0 Å². The Morgan fingerprint density at radius 2 is 1.93 bits per heavy atom. The van der Waals surface area contributed by atoms with Crippen molar-refractivity contribution in [3.63, 3.8) is 0 Å². The minimum atomic E-state index is -4.32. The molecule has 0 aromatic heterocycles. The molecular formula is C10H13F3O2. The Morgan fingerprint density at radius 3 is 2.33 bits per heavy atom. The molecule has 1 saturated carbocycles. The fourth-order valence-electron chi connectivity index (χ4n) is 1.83. The van der Waals surface area contributed by atoms with Gasteiger partial charge >= 0.3 is 12.1 Å². The van der Waals surface area contributed by atoms with Crippen LogP contribution in [0.15, 0.2) is 12.2 Å². The number of rotatable bonds is 2. The van der Waals surface area contributed by atoms with Gasteiger partial charge in [-0.2, -0.15) is 13.2 Å². The fraction of sp³-hybridized carbons (Fsp3) is 0.700. The van der Waals surface area contributed by atoms with Gasteiger partial charge in [0.1, 0.15) is 0 Å². The zero-order chi connectivity index (χ0) is 11.9. The third kappa shape index (κ3) is 2.52. The van der Waals surface area contributed by atoms with Crippen molar-refractivity contribution < 1.29 is 22.7 Å². The van der Waals surface area contributed by atoms with E-state index in [1.165, 1.54) is 7.11 Å². The summed E-state index contributed by atoms with van der Waals surface area (Å²) in [5, 5.41) is 0. The SMILES string of the molecule is COC(=O)[C@H]1[C@@H](/C=C/C(F)(F)F)C1(C)C. The third-order valence-electron chi connectivity index (χ3n) is 2.86. The molecule has 0 radical (unpaired) electrons. The van der Waals surface area contributed by atoms with Crippen LogP contribution in [0, 0.1) is 17.3 Å². The predicted molar refractivity (Wildman–Crippen MR) is 48.0 cm³/mol. The zero-order valence-electron chi connectivity index (χ0n) is 8.76. The van der Waals surface area contributed by atoms with E-state index in [0.717, 1.165) is 6.08 Å². The summed E-state index contributed by atoms with van der Waals surface area (Å²) in [7, 11) is 1.24.